The number of piperidine rings is 1. The zero-order valence-corrected chi connectivity index (χ0v) is 14.1. The highest BCUT2D eigenvalue weighted by molar-refractivity contribution is 5.79. The molecule has 0 bridgehead atoms. The topological polar surface area (TPSA) is 67.1 Å². The lowest BCUT2D eigenvalue weighted by atomic mass is 9.99. The van der Waals surface area contributed by atoms with Crippen LogP contribution >= 0.6 is 0 Å². The summed E-state index contributed by atoms with van der Waals surface area (Å²) in [4.78, 5) is 11.0. The average Bonchev–Trinajstić information content (AvgIpc) is 2.53. The second-order valence-electron chi connectivity index (χ2n) is 6.57. The van der Waals surface area contributed by atoms with Crippen LogP contribution in [0, 0.1) is 19.8 Å². The van der Waals surface area contributed by atoms with E-state index in [1.165, 1.54) is 24.0 Å². The molecule has 1 aromatic carbocycles. The molecule has 3 N–H and O–H groups in total. The van der Waals surface area contributed by atoms with Crippen LogP contribution in [0.1, 0.15) is 30.9 Å². The summed E-state index contributed by atoms with van der Waals surface area (Å²) in [7, 11) is 0. The monoisotopic (exact) mass is 311 g/mol. The summed E-state index contributed by atoms with van der Waals surface area (Å²) >= 11 is 0. The predicted octanol–water partition coefficient (Wildman–Crippen LogP) is 3.66. The van der Waals surface area contributed by atoms with Crippen LogP contribution in [0.2, 0.25) is 0 Å². The predicted molar refractivity (Wildman–Crippen MR) is 96.3 cm³/mol. The number of aromatic nitrogens is 2. The average molecular weight is 311 g/mol. The highest BCUT2D eigenvalue weighted by Crippen LogP contribution is 2.31. The van der Waals surface area contributed by atoms with Gasteiger partial charge in [0.05, 0.1) is 0 Å². The van der Waals surface area contributed by atoms with E-state index < -0.39 is 0 Å². The molecule has 5 nitrogen and oxygen atoms in total. The van der Waals surface area contributed by atoms with Gasteiger partial charge in [-0.25, -0.2) is 9.97 Å². The Kier molecular flexibility index (Phi) is 4.37. The number of nitrogens with two attached hydrogens (primary N) is 1. The van der Waals surface area contributed by atoms with Crippen LogP contribution in [-0.2, 0) is 0 Å². The summed E-state index contributed by atoms with van der Waals surface area (Å²) in [6, 6.07) is 6.29. The van der Waals surface area contributed by atoms with E-state index in [4.69, 9.17) is 5.73 Å². The molecule has 0 aliphatic carbocycles. The van der Waals surface area contributed by atoms with E-state index in [1.54, 1.807) is 6.33 Å². The largest absolute Gasteiger partial charge is 0.393 e. The first-order chi connectivity index (χ1) is 11.0. The van der Waals surface area contributed by atoms with E-state index in [1.807, 2.05) is 0 Å². The van der Waals surface area contributed by atoms with Crippen molar-refractivity contribution in [3.05, 3.63) is 35.7 Å². The minimum Gasteiger partial charge on any atom is -0.393 e. The number of hydrogen-bond donors (Lipinski definition) is 2. The van der Waals surface area contributed by atoms with E-state index in [2.05, 4.69) is 59.2 Å². The Morgan fingerprint density at radius 3 is 2.61 bits per heavy atom. The van der Waals surface area contributed by atoms with Gasteiger partial charge in [-0.15, -0.1) is 0 Å². The van der Waals surface area contributed by atoms with Crippen molar-refractivity contribution in [2.24, 2.45) is 5.92 Å². The maximum Gasteiger partial charge on any atom is 0.159 e. The fraction of sp³-hybridized carbons (Fsp3) is 0.444. The van der Waals surface area contributed by atoms with E-state index in [-0.39, 0.29) is 0 Å². The fourth-order valence-corrected chi connectivity index (χ4v) is 3.04. The molecular formula is C18H25N5. The number of rotatable bonds is 3. The number of nitrogen functional groups attached to an aromatic ring is 1. The Balaban J connectivity index is 1.85. The smallest absolute Gasteiger partial charge is 0.159 e. The molecule has 1 aliphatic heterocycles. The van der Waals surface area contributed by atoms with Crippen LogP contribution in [-0.4, -0.2) is 23.1 Å². The Morgan fingerprint density at radius 2 is 1.91 bits per heavy atom. The molecule has 0 saturated carbocycles. The minimum atomic E-state index is 0.627. The van der Waals surface area contributed by atoms with Gasteiger partial charge in [0.1, 0.15) is 12.0 Å². The third kappa shape index (κ3) is 3.38. The third-order valence-corrected chi connectivity index (χ3v) is 4.58. The first-order valence-corrected chi connectivity index (χ1v) is 8.24. The highest BCUT2D eigenvalue weighted by atomic mass is 15.2. The van der Waals surface area contributed by atoms with Crippen molar-refractivity contribution in [2.75, 3.05) is 29.0 Å². The Morgan fingerprint density at radius 1 is 1.17 bits per heavy atom. The molecule has 1 aromatic heterocycles. The van der Waals surface area contributed by atoms with Gasteiger partial charge in [0.2, 0.25) is 0 Å². The lowest BCUT2D eigenvalue weighted by Gasteiger charge is -2.32. The fourth-order valence-electron chi connectivity index (χ4n) is 3.04. The van der Waals surface area contributed by atoms with Crippen LogP contribution in [0.4, 0.5) is 23.0 Å². The maximum atomic E-state index is 6.35. The molecule has 122 valence electrons. The summed E-state index contributed by atoms with van der Waals surface area (Å²) in [6.07, 6.45) is 3.96. The SMILES string of the molecule is Cc1ccc(Nc2ncnc(N3CCC(C)CC3)c2N)c(C)c1. The summed E-state index contributed by atoms with van der Waals surface area (Å²) < 4.78 is 0. The van der Waals surface area contributed by atoms with Crippen molar-refractivity contribution in [2.45, 2.75) is 33.6 Å². The first kappa shape index (κ1) is 15.6. The number of hydrogen-bond acceptors (Lipinski definition) is 5. The molecular weight excluding hydrogens is 286 g/mol. The molecule has 23 heavy (non-hydrogen) atoms. The highest BCUT2D eigenvalue weighted by Gasteiger charge is 2.20. The summed E-state index contributed by atoms with van der Waals surface area (Å²) in [5.41, 5.74) is 10.4. The van der Waals surface area contributed by atoms with Crippen molar-refractivity contribution in [3.63, 3.8) is 0 Å². The number of nitrogens with zero attached hydrogens (tertiary/aromatic N) is 3. The number of nitrogens with one attached hydrogen (secondary N) is 1. The van der Waals surface area contributed by atoms with Gasteiger partial charge in [0, 0.05) is 18.8 Å². The number of aryl methyl sites for hydroxylation is 2. The van der Waals surface area contributed by atoms with Gasteiger partial charge < -0.3 is 16.0 Å². The van der Waals surface area contributed by atoms with Gasteiger partial charge in [0.25, 0.3) is 0 Å². The van der Waals surface area contributed by atoms with E-state index >= 15 is 0 Å². The van der Waals surface area contributed by atoms with Crippen LogP contribution < -0.4 is 16.0 Å². The van der Waals surface area contributed by atoms with E-state index in [0.717, 1.165) is 30.5 Å². The molecule has 0 unspecified atom stereocenters. The van der Waals surface area contributed by atoms with E-state index in [0.29, 0.717) is 11.5 Å². The molecule has 2 heterocycles. The van der Waals surface area contributed by atoms with Gasteiger partial charge >= 0.3 is 0 Å². The summed E-state index contributed by atoms with van der Waals surface area (Å²) in [5.74, 6) is 2.31. The normalized spacial score (nSPS) is 15.7. The second-order valence-corrected chi connectivity index (χ2v) is 6.57. The van der Waals surface area contributed by atoms with Gasteiger partial charge in [0.15, 0.2) is 11.6 Å². The van der Waals surface area contributed by atoms with Crippen LogP contribution in [0.5, 0.6) is 0 Å². The van der Waals surface area contributed by atoms with Gasteiger partial charge in [-0.1, -0.05) is 24.6 Å². The molecule has 0 spiro atoms. The minimum absolute atomic E-state index is 0.627. The molecule has 2 aromatic rings. The first-order valence-electron chi connectivity index (χ1n) is 8.24. The van der Waals surface area contributed by atoms with Crippen molar-refractivity contribution in [1.82, 2.24) is 9.97 Å². The molecule has 3 rings (SSSR count). The van der Waals surface area contributed by atoms with Gasteiger partial charge in [-0.2, -0.15) is 0 Å². The zero-order valence-electron chi connectivity index (χ0n) is 14.1. The summed E-state index contributed by atoms with van der Waals surface area (Å²) in [6.45, 7) is 8.48. The van der Waals surface area contributed by atoms with Crippen molar-refractivity contribution in [1.29, 1.82) is 0 Å². The molecule has 5 heteroatoms. The van der Waals surface area contributed by atoms with Crippen LogP contribution in [0.15, 0.2) is 24.5 Å². The number of anilines is 4. The van der Waals surface area contributed by atoms with Crippen LogP contribution in [0.3, 0.4) is 0 Å². The Hall–Kier alpha value is -2.30. The van der Waals surface area contributed by atoms with Crippen molar-refractivity contribution in [3.8, 4) is 0 Å². The third-order valence-electron chi connectivity index (χ3n) is 4.58. The molecule has 1 fully saturated rings. The molecule has 1 saturated heterocycles. The Labute approximate surface area is 137 Å². The lowest BCUT2D eigenvalue weighted by molar-refractivity contribution is 0.437. The standard InChI is InChI=1S/C18H25N5/c1-12-6-8-23(9-7-12)18-16(19)17(20-11-21-18)22-15-5-4-13(2)10-14(15)3/h4-5,10-12H,6-9,19H2,1-3H3,(H,20,21,22). The van der Waals surface area contributed by atoms with Crippen LogP contribution in [0.25, 0.3) is 0 Å². The van der Waals surface area contributed by atoms with Crippen molar-refractivity contribution >= 4 is 23.0 Å². The quantitative estimate of drug-likeness (QED) is 0.905. The maximum absolute atomic E-state index is 6.35. The molecule has 0 atom stereocenters. The van der Waals surface area contributed by atoms with E-state index in [9.17, 15) is 0 Å². The van der Waals surface area contributed by atoms with Crippen molar-refractivity contribution < 1.29 is 0 Å². The molecule has 0 radical (unpaired) electrons. The van der Waals surface area contributed by atoms with Gasteiger partial charge in [-0.3, -0.25) is 0 Å². The Bertz CT molecular complexity index is 690. The molecule has 1 aliphatic rings. The molecule has 0 amide bonds. The zero-order chi connectivity index (χ0) is 16.4. The summed E-state index contributed by atoms with van der Waals surface area (Å²) in [5, 5.41) is 3.35. The number of benzene rings is 1. The lowest BCUT2D eigenvalue weighted by Crippen LogP contribution is -2.34. The van der Waals surface area contributed by atoms with Gasteiger partial charge in [-0.05, 0) is 44.2 Å². The second kappa shape index (κ2) is 6.44.